The van der Waals surface area contributed by atoms with Crippen molar-refractivity contribution < 1.29 is 9.53 Å². The minimum atomic E-state index is 0.0746. The summed E-state index contributed by atoms with van der Waals surface area (Å²) in [6.45, 7) is 1.84. The van der Waals surface area contributed by atoms with Gasteiger partial charge in [0.25, 0.3) is 0 Å². The van der Waals surface area contributed by atoms with Crippen LogP contribution in [-0.4, -0.2) is 17.9 Å². The number of halogens is 1. The molecule has 1 aromatic carbocycles. The third-order valence-corrected chi connectivity index (χ3v) is 3.13. The summed E-state index contributed by atoms with van der Waals surface area (Å²) in [5.74, 6) is 0.695. The SMILES string of the molecule is CCC(=O)c1ccc(Cl)cc1-c1ccncc1OC. The lowest BCUT2D eigenvalue weighted by Crippen LogP contribution is -2.00. The van der Waals surface area contributed by atoms with E-state index in [4.69, 9.17) is 16.3 Å². The number of ketones is 1. The first kappa shape index (κ1) is 13.6. The van der Waals surface area contributed by atoms with Gasteiger partial charge in [0, 0.05) is 28.8 Å². The standard InChI is InChI=1S/C15H14ClNO2/c1-3-14(18)11-5-4-10(16)8-13(11)12-6-7-17-9-15(12)19-2/h4-9H,3H2,1-2H3. The number of nitrogens with zero attached hydrogens (tertiary/aromatic N) is 1. The Labute approximate surface area is 117 Å². The van der Waals surface area contributed by atoms with Gasteiger partial charge in [-0.3, -0.25) is 9.78 Å². The Bertz CT molecular complexity index is 611. The van der Waals surface area contributed by atoms with Gasteiger partial charge in [0.2, 0.25) is 0 Å². The fraction of sp³-hybridized carbons (Fsp3) is 0.200. The van der Waals surface area contributed by atoms with Crippen molar-refractivity contribution >= 4 is 17.4 Å². The second-order valence-electron chi connectivity index (χ2n) is 4.04. The summed E-state index contributed by atoms with van der Waals surface area (Å²) in [4.78, 5) is 16.0. The number of pyridine rings is 1. The van der Waals surface area contributed by atoms with Crippen molar-refractivity contribution in [3.05, 3.63) is 47.2 Å². The number of benzene rings is 1. The Kier molecular flexibility index (Phi) is 4.17. The molecule has 98 valence electrons. The van der Waals surface area contributed by atoms with Crippen LogP contribution >= 0.6 is 11.6 Å². The number of Topliss-reactive ketones (excluding diaryl/α,β-unsaturated/α-hetero) is 1. The number of ether oxygens (including phenoxy) is 1. The summed E-state index contributed by atoms with van der Waals surface area (Å²) in [7, 11) is 1.58. The van der Waals surface area contributed by atoms with Gasteiger partial charge in [0.15, 0.2) is 5.78 Å². The summed E-state index contributed by atoms with van der Waals surface area (Å²) >= 11 is 6.04. The molecule has 1 aromatic heterocycles. The highest BCUT2D eigenvalue weighted by atomic mass is 35.5. The monoisotopic (exact) mass is 275 g/mol. The maximum Gasteiger partial charge on any atom is 0.163 e. The van der Waals surface area contributed by atoms with Gasteiger partial charge in [-0.2, -0.15) is 0 Å². The maximum atomic E-state index is 12.0. The molecule has 3 nitrogen and oxygen atoms in total. The zero-order chi connectivity index (χ0) is 13.8. The molecule has 0 unspecified atom stereocenters. The Balaban J connectivity index is 2.66. The van der Waals surface area contributed by atoms with Crippen LogP contribution < -0.4 is 4.74 Å². The zero-order valence-corrected chi connectivity index (χ0v) is 11.6. The largest absolute Gasteiger partial charge is 0.494 e. The van der Waals surface area contributed by atoms with E-state index in [0.29, 0.717) is 22.8 Å². The van der Waals surface area contributed by atoms with Crippen molar-refractivity contribution in [2.45, 2.75) is 13.3 Å². The maximum absolute atomic E-state index is 12.0. The minimum Gasteiger partial charge on any atom is -0.494 e. The Morgan fingerprint density at radius 3 is 2.79 bits per heavy atom. The van der Waals surface area contributed by atoms with E-state index in [9.17, 15) is 4.79 Å². The van der Waals surface area contributed by atoms with Gasteiger partial charge in [-0.25, -0.2) is 0 Å². The minimum absolute atomic E-state index is 0.0746. The predicted molar refractivity (Wildman–Crippen MR) is 75.9 cm³/mol. The van der Waals surface area contributed by atoms with E-state index in [1.807, 2.05) is 13.0 Å². The number of hydrogen-bond donors (Lipinski definition) is 0. The molecule has 0 aliphatic carbocycles. The van der Waals surface area contributed by atoms with E-state index in [0.717, 1.165) is 11.1 Å². The van der Waals surface area contributed by atoms with Crippen LogP contribution in [0.3, 0.4) is 0 Å². The highest BCUT2D eigenvalue weighted by Gasteiger charge is 2.15. The number of carbonyl (C=O) groups is 1. The van der Waals surface area contributed by atoms with E-state index in [-0.39, 0.29) is 5.78 Å². The third kappa shape index (κ3) is 2.76. The molecule has 0 spiro atoms. The van der Waals surface area contributed by atoms with E-state index < -0.39 is 0 Å². The van der Waals surface area contributed by atoms with E-state index in [1.165, 1.54) is 0 Å². The van der Waals surface area contributed by atoms with Crippen LogP contribution in [0.5, 0.6) is 5.75 Å². The number of hydrogen-bond acceptors (Lipinski definition) is 3. The molecule has 0 radical (unpaired) electrons. The molecule has 2 rings (SSSR count). The molecule has 0 amide bonds. The quantitative estimate of drug-likeness (QED) is 0.792. The molecule has 0 saturated carbocycles. The van der Waals surface area contributed by atoms with Crippen LogP contribution in [0.2, 0.25) is 5.02 Å². The van der Waals surface area contributed by atoms with Crippen molar-refractivity contribution in [3.63, 3.8) is 0 Å². The van der Waals surface area contributed by atoms with Gasteiger partial charge in [0.1, 0.15) is 5.75 Å². The first-order valence-electron chi connectivity index (χ1n) is 5.98. The van der Waals surface area contributed by atoms with Gasteiger partial charge in [-0.15, -0.1) is 0 Å². The molecule has 0 aliphatic rings. The highest BCUT2D eigenvalue weighted by molar-refractivity contribution is 6.31. The molecular formula is C15H14ClNO2. The van der Waals surface area contributed by atoms with Gasteiger partial charge >= 0.3 is 0 Å². The van der Waals surface area contributed by atoms with Gasteiger partial charge in [0.05, 0.1) is 13.3 Å². The van der Waals surface area contributed by atoms with Crippen LogP contribution in [0.25, 0.3) is 11.1 Å². The predicted octanol–water partition coefficient (Wildman–Crippen LogP) is 4.00. The summed E-state index contributed by atoms with van der Waals surface area (Å²) < 4.78 is 5.29. The average molecular weight is 276 g/mol. The molecule has 2 aromatic rings. The topological polar surface area (TPSA) is 39.2 Å². The smallest absolute Gasteiger partial charge is 0.163 e. The van der Waals surface area contributed by atoms with E-state index >= 15 is 0 Å². The van der Waals surface area contributed by atoms with Crippen molar-refractivity contribution in [2.24, 2.45) is 0 Å². The second kappa shape index (κ2) is 5.85. The molecule has 19 heavy (non-hydrogen) atoms. The van der Waals surface area contributed by atoms with Crippen molar-refractivity contribution in [1.82, 2.24) is 4.98 Å². The number of methoxy groups -OCH3 is 1. The highest BCUT2D eigenvalue weighted by Crippen LogP contribution is 2.33. The fourth-order valence-corrected chi connectivity index (χ4v) is 2.11. The molecular weight excluding hydrogens is 262 g/mol. The van der Waals surface area contributed by atoms with Crippen LogP contribution in [0.4, 0.5) is 0 Å². The Morgan fingerprint density at radius 2 is 2.11 bits per heavy atom. The summed E-state index contributed by atoms with van der Waals surface area (Å²) in [6, 6.07) is 7.07. The summed E-state index contributed by atoms with van der Waals surface area (Å²) in [5, 5.41) is 0.585. The zero-order valence-electron chi connectivity index (χ0n) is 10.8. The summed E-state index contributed by atoms with van der Waals surface area (Å²) in [5.41, 5.74) is 2.24. The molecule has 0 saturated heterocycles. The van der Waals surface area contributed by atoms with Crippen LogP contribution in [0, 0.1) is 0 Å². The van der Waals surface area contributed by atoms with E-state index in [1.54, 1.807) is 37.7 Å². The molecule has 4 heteroatoms. The molecule has 0 fully saturated rings. The lowest BCUT2D eigenvalue weighted by molar-refractivity contribution is 0.0989. The number of rotatable bonds is 4. The molecule has 0 bridgehead atoms. The number of carbonyl (C=O) groups excluding carboxylic acids is 1. The van der Waals surface area contributed by atoms with Gasteiger partial charge < -0.3 is 4.74 Å². The lowest BCUT2D eigenvalue weighted by Gasteiger charge is -2.12. The first-order valence-corrected chi connectivity index (χ1v) is 6.36. The van der Waals surface area contributed by atoms with Crippen molar-refractivity contribution in [3.8, 4) is 16.9 Å². The Hall–Kier alpha value is -1.87. The average Bonchev–Trinajstić information content (AvgIpc) is 2.46. The summed E-state index contributed by atoms with van der Waals surface area (Å²) in [6.07, 6.45) is 3.73. The Morgan fingerprint density at radius 1 is 1.32 bits per heavy atom. The van der Waals surface area contributed by atoms with Crippen LogP contribution in [-0.2, 0) is 0 Å². The molecule has 0 N–H and O–H groups in total. The lowest BCUT2D eigenvalue weighted by atomic mass is 9.96. The van der Waals surface area contributed by atoms with Crippen molar-refractivity contribution in [1.29, 1.82) is 0 Å². The van der Waals surface area contributed by atoms with E-state index in [2.05, 4.69) is 4.98 Å². The van der Waals surface area contributed by atoms with Crippen LogP contribution in [0.15, 0.2) is 36.7 Å². The molecule has 0 atom stereocenters. The first-order chi connectivity index (χ1) is 9.17. The fourth-order valence-electron chi connectivity index (χ4n) is 1.94. The van der Waals surface area contributed by atoms with Gasteiger partial charge in [-0.05, 0) is 29.8 Å². The third-order valence-electron chi connectivity index (χ3n) is 2.90. The van der Waals surface area contributed by atoms with Gasteiger partial charge in [-0.1, -0.05) is 18.5 Å². The molecule has 0 aliphatic heterocycles. The number of aromatic nitrogens is 1. The second-order valence-corrected chi connectivity index (χ2v) is 4.48. The van der Waals surface area contributed by atoms with Crippen LogP contribution in [0.1, 0.15) is 23.7 Å². The van der Waals surface area contributed by atoms with Crippen molar-refractivity contribution in [2.75, 3.05) is 7.11 Å². The normalized spacial score (nSPS) is 10.3. The molecule has 1 heterocycles.